The van der Waals surface area contributed by atoms with E-state index in [-0.39, 0.29) is 11.4 Å². The van der Waals surface area contributed by atoms with Gasteiger partial charge in [0.05, 0.1) is 0 Å². The van der Waals surface area contributed by atoms with E-state index in [0.717, 1.165) is 5.69 Å². The number of hydrogen-bond donors (Lipinski definition) is 3. The van der Waals surface area contributed by atoms with Crippen molar-refractivity contribution in [3.63, 3.8) is 0 Å². The standard InChI is InChI=1S/C17H14F3N5O/c18-17(19,20)26-13-8-6-12(7-9-13)25-16-14(21)15(22-10-23-16)24-11-4-2-1-3-5-11/h1-10H,21H2,(H2,22,23,24,25). The van der Waals surface area contributed by atoms with Gasteiger partial charge < -0.3 is 21.1 Å². The number of rotatable bonds is 5. The number of benzene rings is 2. The quantitative estimate of drug-likeness (QED) is 0.623. The van der Waals surface area contributed by atoms with E-state index >= 15 is 0 Å². The van der Waals surface area contributed by atoms with Crippen LogP contribution in [0.2, 0.25) is 0 Å². The molecule has 2 aromatic carbocycles. The zero-order valence-corrected chi connectivity index (χ0v) is 13.3. The molecule has 26 heavy (non-hydrogen) atoms. The van der Waals surface area contributed by atoms with Gasteiger partial charge >= 0.3 is 6.36 Å². The second kappa shape index (κ2) is 7.18. The van der Waals surface area contributed by atoms with Crippen molar-refractivity contribution in [2.45, 2.75) is 6.36 Å². The Morgan fingerprint density at radius 1 is 0.808 bits per heavy atom. The molecule has 0 amide bonds. The molecule has 0 saturated heterocycles. The van der Waals surface area contributed by atoms with Crippen molar-refractivity contribution < 1.29 is 17.9 Å². The number of ether oxygens (including phenoxy) is 1. The van der Waals surface area contributed by atoms with Crippen LogP contribution < -0.4 is 21.1 Å². The third-order valence-corrected chi connectivity index (χ3v) is 3.27. The number of alkyl halides is 3. The average Bonchev–Trinajstić information content (AvgIpc) is 2.60. The molecule has 0 spiro atoms. The molecule has 0 saturated carbocycles. The highest BCUT2D eigenvalue weighted by molar-refractivity contribution is 5.80. The van der Waals surface area contributed by atoms with E-state index in [2.05, 4.69) is 25.3 Å². The molecule has 134 valence electrons. The van der Waals surface area contributed by atoms with E-state index in [4.69, 9.17) is 5.73 Å². The average molecular weight is 361 g/mol. The van der Waals surface area contributed by atoms with Crippen molar-refractivity contribution in [3.8, 4) is 5.75 Å². The molecule has 0 aliphatic heterocycles. The van der Waals surface area contributed by atoms with Gasteiger partial charge in [0.15, 0.2) is 11.6 Å². The van der Waals surface area contributed by atoms with E-state index in [1.165, 1.54) is 30.6 Å². The largest absolute Gasteiger partial charge is 0.573 e. The molecule has 4 N–H and O–H groups in total. The lowest BCUT2D eigenvalue weighted by atomic mass is 10.3. The first-order chi connectivity index (χ1) is 12.4. The summed E-state index contributed by atoms with van der Waals surface area (Å²) in [6.45, 7) is 0. The van der Waals surface area contributed by atoms with E-state index < -0.39 is 6.36 Å². The number of nitrogen functional groups attached to an aromatic ring is 1. The summed E-state index contributed by atoms with van der Waals surface area (Å²) in [5.41, 5.74) is 7.64. The van der Waals surface area contributed by atoms with Gasteiger partial charge in [-0.25, -0.2) is 9.97 Å². The number of nitrogens with zero attached hydrogens (tertiary/aromatic N) is 2. The molecule has 0 unspecified atom stereocenters. The van der Waals surface area contributed by atoms with Crippen molar-refractivity contribution in [3.05, 3.63) is 60.9 Å². The first kappa shape index (κ1) is 17.3. The second-order valence-corrected chi connectivity index (χ2v) is 5.17. The molecule has 0 fully saturated rings. The minimum Gasteiger partial charge on any atom is -0.406 e. The van der Waals surface area contributed by atoms with Gasteiger partial charge in [0.1, 0.15) is 17.8 Å². The van der Waals surface area contributed by atoms with Gasteiger partial charge in [0, 0.05) is 11.4 Å². The monoisotopic (exact) mass is 361 g/mol. The van der Waals surface area contributed by atoms with Crippen molar-refractivity contribution in [1.82, 2.24) is 9.97 Å². The Balaban J connectivity index is 1.75. The lowest BCUT2D eigenvalue weighted by Gasteiger charge is -2.13. The second-order valence-electron chi connectivity index (χ2n) is 5.17. The summed E-state index contributed by atoms with van der Waals surface area (Å²) in [5.74, 6) is 0.416. The highest BCUT2D eigenvalue weighted by Crippen LogP contribution is 2.29. The fourth-order valence-corrected chi connectivity index (χ4v) is 2.13. The summed E-state index contributed by atoms with van der Waals surface area (Å²) in [6, 6.07) is 14.6. The van der Waals surface area contributed by atoms with Crippen molar-refractivity contribution >= 4 is 28.7 Å². The molecule has 9 heteroatoms. The molecule has 0 aliphatic rings. The topological polar surface area (TPSA) is 85.1 Å². The Labute approximate surface area is 146 Å². The van der Waals surface area contributed by atoms with E-state index in [0.29, 0.717) is 17.3 Å². The van der Waals surface area contributed by atoms with E-state index in [1.54, 1.807) is 0 Å². The van der Waals surface area contributed by atoms with Crippen LogP contribution in [0.25, 0.3) is 0 Å². The number of para-hydroxylation sites is 1. The minimum atomic E-state index is -4.73. The minimum absolute atomic E-state index is 0.270. The van der Waals surface area contributed by atoms with Crippen LogP contribution in [-0.4, -0.2) is 16.3 Å². The van der Waals surface area contributed by atoms with Crippen molar-refractivity contribution in [2.24, 2.45) is 0 Å². The van der Waals surface area contributed by atoms with Gasteiger partial charge in [-0.05, 0) is 36.4 Å². The maximum atomic E-state index is 12.2. The molecular formula is C17H14F3N5O. The SMILES string of the molecule is Nc1c(Nc2ccccc2)ncnc1Nc1ccc(OC(F)(F)F)cc1. The van der Waals surface area contributed by atoms with Gasteiger partial charge in [0.25, 0.3) is 0 Å². The number of anilines is 5. The van der Waals surface area contributed by atoms with E-state index in [1.807, 2.05) is 30.3 Å². The predicted molar refractivity (Wildman–Crippen MR) is 92.6 cm³/mol. The van der Waals surface area contributed by atoms with E-state index in [9.17, 15) is 13.2 Å². The molecule has 3 aromatic rings. The van der Waals surface area contributed by atoms with Gasteiger partial charge in [-0.1, -0.05) is 18.2 Å². The fraction of sp³-hybridized carbons (Fsp3) is 0.0588. The van der Waals surface area contributed by atoms with Crippen LogP contribution in [0.1, 0.15) is 0 Å². The van der Waals surface area contributed by atoms with Crippen molar-refractivity contribution in [1.29, 1.82) is 0 Å². The third-order valence-electron chi connectivity index (χ3n) is 3.27. The first-order valence-corrected chi connectivity index (χ1v) is 7.46. The first-order valence-electron chi connectivity index (χ1n) is 7.46. The lowest BCUT2D eigenvalue weighted by Crippen LogP contribution is -2.17. The zero-order chi connectivity index (χ0) is 18.6. The zero-order valence-electron chi connectivity index (χ0n) is 13.3. The Hall–Kier alpha value is -3.49. The number of halogens is 3. The maximum Gasteiger partial charge on any atom is 0.573 e. The van der Waals surface area contributed by atoms with Crippen LogP contribution in [0, 0.1) is 0 Å². The fourth-order valence-electron chi connectivity index (χ4n) is 2.13. The highest BCUT2D eigenvalue weighted by Gasteiger charge is 2.30. The molecule has 6 nitrogen and oxygen atoms in total. The molecule has 1 aromatic heterocycles. The Morgan fingerprint density at radius 2 is 1.35 bits per heavy atom. The van der Waals surface area contributed by atoms with Gasteiger partial charge in [-0.2, -0.15) is 0 Å². The molecule has 0 radical (unpaired) electrons. The molecule has 0 aliphatic carbocycles. The highest BCUT2D eigenvalue weighted by atomic mass is 19.4. The number of hydrogen-bond acceptors (Lipinski definition) is 6. The lowest BCUT2D eigenvalue weighted by molar-refractivity contribution is -0.274. The summed E-state index contributed by atoms with van der Waals surface area (Å²) in [5, 5.41) is 6.01. The van der Waals surface area contributed by atoms with Gasteiger partial charge in [0.2, 0.25) is 0 Å². The van der Waals surface area contributed by atoms with Crippen LogP contribution in [0.4, 0.5) is 41.9 Å². The molecule has 3 rings (SSSR count). The smallest absolute Gasteiger partial charge is 0.406 e. The van der Waals surface area contributed by atoms with Gasteiger partial charge in [-0.15, -0.1) is 13.2 Å². The van der Waals surface area contributed by atoms with Crippen LogP contribution in [0.3, 0.4) is 0 Å². The molecule has 0 atom stereocenters. The summed E-state index contributed by atoms with van der Waals surface area (Å²) in [6.07, 6.45) is -3.41. The summed E-state index contributed by atoms with van der Waals surface area (Å²) < 4.78 is 40.4. The number of nitrogens with two attached hydrogens (primary N) is 1. The van der Waals surface area contributed by atoms with Gasteiger partial charge in [-0.3, -0.25) is 0 Å². The Kier molecular flexibility index (Phi) is 4.78. The van der Waals surface area contributed by atoms with Crippen LogP contribution in [0.15, 0.2) is 60.9 Å². The Morgan fingerprint density at radius 3 is 1.88 bits per heavy atom. The van der Waals surface area contributed by atoms with Crippen LogP contribution >= 0.6 is 0 Å². The molecule has 0 bridgehead atoms. The number of aromatic nitrogens is 2. The summed E-state index contributed by atoms with van der Waals surface area (Å²) in [4.78, 5) is 8.16. The van der Waals surface area contributed by atoms with Crippen LogP contribution in [0.5, 0.6) is 5.75 Å². The Bertz CT molecular complexity index is 870. The predicted octanol–water partition coefficient (Wildman–Crippen LogP) is 4.44. The normalized spacial score (nSPS) is 11.0. The maximum absolute atomic E-state index is 12.2. The number of nitrogens with one attached hydrogen (secondary N) is 2. The van der Waals surface area contributed by atoms with Crippen molar-refractivity contribution in [2.75, 3.05) is 16.4 Å². The molecule has 1 heterocycles. The summed E-state index contributed by atoms with van der Waals surface area (Å²) >= 11 is 0. The van der Waals surface area contributed by atoms with Crippen LogP contribution in [-0.2, 0) is 0 Å². The summed E-state index contributed by atoms with van der Waals surface area (Å²) in [7, 11) is 0. The third kappa shape index (κ3) is 4.53. The molecular weight excluding hydrogens is 347 g/mol.